The van der Waals surface area contributed by atoms with Gasteiger partial charge in [-0.25, -0.2) is 0 Å². The molecule has 3 rings (SSSR count). The number of hydrogen-bond donors (Lipinski definition) is 0. The molecule has 0 saturated carbocycles. The van der Waals surface area contributed by atoms with Crippen LogP contribution in [0.15, 0.2) is 47.8 Å². The van der Waals surface area contributed by atoms with E-state index in [4.69, 9.17) is 4.74 Å². The molecule has 1 aromatic heterocycles. The van der Waals surface area contributed by atoms with E-state index in [-0.39, 0.29) is 18.4 Å². The van der Waals surface area contributed by atoms with E-state index in [2.05, 4.69) is 22.4 Å². The summed E-state index contributed by atoms with van der Waals surface area (Å²) in [6, 6.07) is 13.8. The summed E-state index contributed by atoms with van der Waals surface area (Å²) in [7, 11) is 0. The van der Waals surface area contributed by atoms with Crippen molar-refractivity contribution < 1.29 is 14.3 Å². The van der Waals surface area contributed by atoms with Gasteiger partial charge in [-0.05, 0) is 49.9 Å². The van der Waals surface area contributed by atoms with Crippen molar-refractivity contribution in [3.8, 4) is 0 Å². The van der Waals surface area contributed by atoms with Gasteiger partial charge in [0.05, 0.1) is 13.2 Å². The molecule has 1 aromatic carbocycles. The third kappa shape index (κ3) is 4.51. The maximum Gasteiger partial charge on any atom is 0.326 e. The molecule has 0 aliphatic carbocycles. The molecule has 0 N–H and O–H groups in total. The zero-order chi connectivity index (χ0) is 18.4. The monoisotopic (exact) mass is 372 g/mol. The van der Waals surface area contributed by atoms with Crippen LogP contribution in [-0.4, -0.2) is 43.0 Å². The minimum atomic E-state index is -0.388. The maximum atomic E-state index is 13.0. The van der Waals surface area contributed by atoms with Crippen molar-refractivity contribution in [2.24, 2.45) is 0 Å². The minimum absolute atomic E-state index is 0.0613. The first-order chi connectivity index (χ1) is 12.7. The van der Waals surface area contributed by atoms with E-state index in [1.54, 1.807) is 18.3 Å². The molecule has 0 radical (unpaired) electrons. The Hall–Kier alpha value is -2.18. The first-order valence-corrected chi connectivity index (χ1v) is 9.85. The van der Waals surface area contributed by atoms with Gasteiger partial charge in [0, 0.05) is 16.6 Å². The van der Waals surface area contributed by atoms with Gasteiger partial charge in [0.1, 0.15) is 6.54 Å². The molecule has 0 bridgehead atoms. The van der Waals surface area contributed by atoms with Gasteiger partial charge >= 0.3 is 5.97 Å². The van der Waals surface area contributed by atoms with Gasteiger partial charge in [0.2, 0.25) is 5.91 Å². The highest BCUT2D eigenvalue weighted by atomic mass is 32.1. The summed E-state index contributed by atoms with van der Waals surface area (Å²) < 4.78 is 5.05. The molecular formula is C20H24N2O3S. The second kappa shape index (κ2) is 8.96. The van der Waals surface area contributed by atoms with Crippen LogP contribution in [0.2, 0.25) is 0 Å². The fourth-order valence-electron chi connectivity index (χ4n) is 3.34. The van der Waals surface area contributed by atoms with Crippen molar-refractivity contribution in [3.05, 3.63) is 52.7 Å². The van der Waals surface area contributed by atoms with Crippen LogP contribution in [0.5, 0.6) is 0 Å². The fraction of sp³-hybridized carbons (Fsp3) is 0.400. The molecule has 1 amide bonds. The second-order valence-electron chi connectivity index (χ2n) is 6.26. The average molecular weight is 372 g/mol. The highest BCUT2D eigenvalue weighted by molar-refractivity contribution is 7.10. The number of carbonyl (C=O) groups excluding carboxylic acids is 2. The third-order valence-electron chi connectivity index (χ3n) is 4.54. The van der Waals surface area contributed by atoms with Gasteiger partial charge in [0.15, 0.2) is 0 Å². The molecule has 1 aliphatic heterocycles. The number of likely N-dealkylation sites (tertiary alicyclic amines) is 1. The van der Waals surface area contributed by atoms with Crippen molar-refractivity contribution in [2.75, 3.05) is 31.1 Å². The molecule has 0 unspecified atom stereocenters. The zero-order valence-electron chi connectivity index (χ0n) is 15.0. The van der Waals surface area contributed by atoms with E-state index in [0.29, 0.717) is 19.2 Å². The van der Waals surface area contributed by atoms with Gasteiger partial charge in [-0.15, -0.1) is 11.3 Å². The summed E-state index contributed by atoms with van der Waals surface area (Å²) >= 11 is 1.73. The van der Waals surface area contributed by atoms with Crippen LogP contribution in [0.4, 0.5) is 5.69 Å². The largest absolute Gasteiger partial charge is 0.465 e. The molecule has 1 atom stereocenters. The van der Waals surface area contributed by atoms with Crippen LogP contribution < -0.4 is 4.90 Å². The number of benzene rings is 1. The number of anilines is 1. The molecule has 1 saturated heterocycles. The van der Waals surface area contributed by atoms with E-state index in [9.17, 15) is 9.59 Å². The summed E-state index contributed by atoms with van der Waals surface area (Å²) in [6.45, 7) is 3.21. The molecule has 138 valence electrons. The molecule has 2 aromatic rings. The van der Waals surface area contributed by atoms with Crippen LogP contribution in [0.1, 0.15) is 30.7 Å². The Bertz CT molecular complexity index is 718. The lowest BCUT2D eigenvalue weighted by molar-refractivity contribution is -0.142. The summed E-state index contributed by atoms with van der Waals surface area (Å²) in [4.78, 5) is 30.1. The molecule has 0 spiro atoms. The van der Waals surface area contributed by atoms with Crippen molar-refractivity contribution in [3.63, 3.8) is 0 Å². The molecule has 26 heavy (non-hydrogen) atoms. The fourth-order valence-corrected chi connectivity index (χ4v) is 4.24. The standard InChI is InChI=1S/C20H24N2O3S/c1-2-25-20(24)15-22(16-8-4-3-5-9-16)19(23)14-21-12-6-10-17(21)18-11-7-13-26-18/h3-5,7-9,11,13,17H,2,6,10,12,14-15H2,1H3/t17-/m0/s1. The third-order valence-corrected chi connectivity index (χ3v) is 5.51. The van der Waals surface area contributed by atoms with Gasteiger partial charge < -0.3 is 9.64 Å². The molecule has 5 nitrogen and oxygen atoms in total. The van der Waals surface area contributed by atoms with E-state index >= 15 is 0 Å². The lowest BCUT2D eigenvalue weighted by Gasteiger charge is -2.27. The number of esters is 1. The average Bonchev–Trinajstić information content (AvgIpc) is 3.32. The van der Waals surface area contributed by atoms with E-state index < -0.39 is 0 Å². The number of nitrogens with zero attached hydrogens (tertiary/aromatic N) is 2. The summed E-state index contributed by atoms with van der Waals surface area (Å²) in [5.41, 5.74) is 0.720. The number of thiophene rings is 1. The molecule has 1 fully saturated rings. The number of hydrogen-bond acceptors (Lipinski definition) is 5. The van der Waals surface area contributed by atoms with Crippen LogP contribution in [0, 0.1) is 0 Å². The molecular weight excluding hydrogens is 348 g/mol. The second-order valence-corrected chi connectivity index (χ2v) is 7.24. The summed E-state index contributed by atoms with van der Waals surface area (Å²) in [5, 5.41) is 2.07. The zero-order valence-corrected chi connectivity index (χ0v) is 15.8. The number of rotatable bonds is 7. The quantitative estimate of drug-likeness (QED) is 0.698. The van der Waals surface area contributed by atoms with Crippen molar-refractivity contribution in [1.82, 2.24) is 4.90 Å². The Morgan fingerprint density at radius 1 is 1.23 bits per heavy atom. The first kappa shape index (κ1) is 18.6. The van der Waals surface area contributed by atoms with Crippen LogP contribution in [0.25, 0.3) is 0 Å². The molecule has 2 heterocycles. The maximum absolute atomic E-state index is 13.0. The number of ether oxygens (including phenoxy) is 1. The summed E-state index contributed by atoms with van der Waals surface area (Å²) in [6.07, 6.45) is 2.15. The van der Waals surface area contributed by atoms with Gasteiger partial charge in [-0.1, -0.05) is 24.3 Å². The predicted molar refractivity (Wildman–Crippen MR) is 103 cm³/mol. The van der Waals surface area contributed by atoms with Gasteiger partial charge in [-0.3, -0.25) is 14.5 Å². The van der Waals surface area contributed by atoms with E-state index in [0.717, 1.165) is 25.1 Å². The molecule has 6 heteroatoms. The number of amides is 1. The predicted octanol–water partition coefficient (Wildman–Crippen LogP) is 3.48. The Morgan fingerprint density at radius 2 is 2.04 bits per heavy atom. The normalized spacial score (nSPS) is 17.2. The number of para-hydroxylation sites is 1. The van der Waals surface area contributed by atoms with Crippen molar-refractivity contribution in [2.45, 2.75) is 25.8 Å². The first-order valence-electron chi connectivity index (χ1n) is 8.97. The van der Waals surface area contributed by atoms with E-state index in [1.807, 2.05) is 30.3 Å². The topological polar surface area (TPSA) is 49.9 Å². The lowest BCUT2D eigenvalue weighted by atomic mass is 10.2. The van der Waals surface area contributed by atoms with Gasteiger partial charge in [0.25, 0.3) is 0 Å². The van der Waals surface area contributed by atoms with Crippen molar-refractivity contribution in [1.29, 1.82) is 0 Å². The lowest BCUT2D eigenvalue weighted by Crippen LogP contribution is -2.43. The van der Waals surface area contributed by atoms with Crippen LogP contribution >= 0.6 is 11.3 Å². The number of carbonyl (C=O) groups is 2. The Kier molecular flexibility index (Phi) is 6.41. The Morgan fingerprint density at radius 3 is 2.73 bits per heavy atom. The van der Waals surface area contributed by atoms with E-state index in [1.165, 1.54) is 9.78 Å². The summed E-state index contributed by atoms with van der Waals surface area (Å²) in [5.74, 6) is -0.464. The highest BCUT2D eigenvalue weighted by Crippen LogP contribution is 2.34. The SMILES string of the molecule is CCOC(=O)CN(C(=O)CN1CCC[C@H]1c1cccs1)c1ccccc1. The highest BCUT2D eigenvalue weighted by Gasteiger charge is 2.30. The smallest absolute Gasteiger partial charge is 0.326 e. The van der Waals surface area contributed by atoms with Crippen molar-refractivity contribution >= 4 is 28.9 Å². The van der Waals surface area contributed by atoms with Crippen LogP contribution in [0.3, 0.4) is 0 Å². The minimum Gasteiger partial charge on any atom is -0.465 e. The Labute approximate surface area is 158 Å². The Balaban J connectivity index is 1.73. The van der Waals surface area contributed by atoms with Crippen LogP contribution in [-0.2, 0) is 14.3 Å². The van der Waals surface area contributed by atoms with Gasteiger partial charge in [-0.2, -0.15) is 0 Å². The molecule has 1 aliphatic rings.